The number of piperidine rings is 1. The Balaban J connectivity index is 1.77. The van der Waals surface area contributed by atoms with E-state index in [4.69, 9.17) is 0 Å². The lowest BCUT2D eigenvalue weighted by atomic mass is 10.1. The Morgan fingerprint density at radius 2 is 1.84 bits per heavy atom. The second kappa shape index (κ2) is 5.76. The zero-order valence-electron chi connectivity index (χ0n) is 11.4. The summed E-state index contributed by atoms with van der Waals surface area (Å²) < 4.78 is 2.29. The van der Waals surface area contributed by atoms with Crippen molar-refractivity contribution >= 4 is 10.9 Å². The molecule has 102 valence electrons. The number of benzene rings is 1. The fourth-order valence-corrected chi connectivity index (χ4v) is 3.09. The number of aliphatic hydroxyl groups is 1. The van der Waals surface area contributed by atoms with E-state index in [0.717, 1.165) is 18.7 Å². The van der Waals surface area contributed by atoms with Crippen LogP contribution in [0.15, 0.2) is 30.5 Å². The zero-order chi connectivity index (χ0) is 13.1. The molecule has 0 atom stereocenters. The van der Waals surface area contributed by atoms with Gasteiger partial charge < -0.3 is 14.6 Å². The van der Waals surface area contributed by atoms with Crippen LogP contribution in [0, 0.1) is 0 Å². The van der Waals surface area contributed by atoms with Crippen molar-refractivity contribution in [2.45, 2.75) is 32.4 Å². The van der Waals surface area contributed by atoms with Crippen molar-refractivity contribution < 1.29 is 5.11 Å². The van der Waals surface area contributed by atoms with Crippen LogP contribution in [0.5, 0.6) is 0 Å². The lowest BCUT2D eigenvalue weighted by molar-refractivity contribution is 0.221. The molecule has 2 heterocycles. The molecule has 1 aromatic carbocycles. The van der Waals surface area contributed by atoms with E-state index < -0.39 is 0 Å². The normalized spacial score (nSPS) is 17.1. The topological polar surface area (TPSA) is 28.4 Å². The van der Waals surface area contributed by atoms with Gasteiger partial charge in [-0.1, -0.05) is 24.6 Å². The van der Waals surface area contributed by atoms with Crippen LogP contribution in [-0.2, 0) is 13.2 Å². The average Bonchev–Trinajstić information content (AvgIpc) is 2.89. The molecule has 3 nitrogen and oxygen atoms in total. The largest absolute Gasteiger partial charge is 0.392 e. The van der Waals surface area contributed by atoms with Crippen molar-refractivity contribution in [1.29, 1.82) is 0 Å². The van der Waals surface area contributed by atoms with E-state index >= 15 is 0 Å². The van der Waals surface area contributed by atoms with Crippen LogP contribution in [0.25, 0.3) is 10.9 Å². The van der Waals surface area contributed by atoms with E-state index in [0.29, 0.717) is 0 Å². The summed E-state index contributed by atoms with van der Waals surface area (Å²) in [6, 6.07) is 8.29. The first-order chi connectivity index (χ1) is 9.38. The molecule has 0 aliphatic carbocycles. The molecule has 0 spiro atoms. The smallest absolute Gasteiger partial charge is 0.0702 e. The van der Waals surface area contributed by atoms with Gasteiger partial charge >= 0.3 is 0 Å². The lowest BCUT2D eigenvalue weighted by Gasteiger charge is -2.26. The highest BCUT2D eigenvalue weighted by Crippen LogP contribution is 2.20. The SMILES string of the molecule is OCc1cccc2ccn(CCN3CCCCC3)c12. The third kappa shape index (κ3) is 2.67. The zero-order valence-corrected chi connectivity index (χ0v) is 11.4. The molecule has 0 radical (unpaired) electrons. The number of para-hydroxylation sites is 1. The number of hydrogen-bond acceptors (Lipinski definition) is 2. The second-order valence-electron chi connectivity index (χ2n) is 5.42. The van der Waals surface area contributed by atoms with Crippen LogP contribution < -0.4 is 0 Å². The van der Waals surface area contributed by atoms with E-state index in [1.165, 1.54) is 43.3 Å². The number of rotatable bonds is 4. The summed E-state index contributed by atoms with van der Waals surface area (Å²) in [5.41, 5.74) is 2.23. The van der Waals surface area contributed by atoms with Crippen molar-refractivity contribution in [3.05, 3.63) is 36.0 Å². The monoisotopic (exact) mass is 258 g/mol. The lowest BCUT2D eigenvalue weighted by Crippen LogP contribution is -2.32. The molecule has 1 aromatic heterocycles. The van der Waals surface area contributed by atoms with Gasteiger partial charge in [-0.05, 0) is 37.4 Å². The highest BCUT2D eigenvalue weighted by molar-refractivity contribution is 5.83. The van der Waals surface area contributed by atoms with Gasteiger partial charge in [-0.15, -0.1) is 0 Å². The molecule has 0 unspecified atom stereocenters. The summed E-state index contributed by atoms with van der Waals surface area (Å²) in [6.45, 7) is 4.73. The standard InChI is InChI=1S/C16H22N2O/c19-13-15-6-4-5-14-7-10-18(16(14)15)12-11-17-8-2-1-3-9-17/h4-7,10,19H,1-3,8-9,11-13H2. The summed E-state index contributed by atoms with van der Waals surface area (Å²) in [5, 5.41) is 10.7. The first-order valence-electron chi connectivity index (χ1n) is 7.28. The van der Waals surface area contributed by atoms with Gasteiger partial charge in [0.05, 0.1) is 12.1 Å². The van der Waals surface area contributed by atoms with E-state index in [9.17, 15) is 5.11 Å². The van der Waals surface area contributed by atoms with Gasteiger partial charge in [-0.3, -0.25) is 0 Å². The first-order valence-corrected chi connectivity index (χ1v) is 7.28. The summed E-state index contributed by atoms with van der Waals surface area (Å²) >= 11 is 0. The molecule has 1 fully saturated rings. The molecule has 0 bridgehead atoms. The molecule has 19 heavy (non-hydrogen) atoms. The minimum atomic E-state index is 0.116. The van der Waals surface area contributed by atoms with Gasteiger partial charge in [0.2, 0.25) is 0 Å². The van der Waals surface area contributed by atoms with Gasteiger partial charge in [0.25, 0.3) is 0 Å². The third-order valence-corrected chi connectivity index (χ3v) is 4.15. The maximum atomic E-state index is 9.47. The Labute approximate surface area is 114 Å². The number of fused-ring (bicyclic) bond motifs is 1. The molecule has 2 aromatic rings. The minimum Gasteiger partial charge on any atom is -0.392 e. The molecular formula is C16H22N2O. The predicted octanol–water partition coefficient (Wildman–Crippen LogP) is 2.62. The Hall–Kier alpha value is -1.32. The average molecular weight is 258 g/mol. The van der Waals surface area contributed by atoms with Crippen molar-refractivity contribution in [3.63, 3.8) is 0 Å². The van der Waals surface area contributed by atoms with Crippen LogP contribution in [-0.4, -0.2) is 34.2 Å². The number of nitrogens with zero attached hydrogens (tertiary/aromatic N) is 2. The molecule has 1 aliphatic rings. The highest BCUT2D eigenvalue weighted by Gasteiger charge is 2.11. The van der Waals surface area contributed by atoms with Gasteiger partial charge in [0.1, 0.15) is 0 Å². The van der Waals surface area contributed by atoms with Gasteiger partial charge in [0, 0.05) is 24.8 Å². The molecule has 1 aliphatic heterocycles. The van der Waals surface area contributed by atoms with Crippen LogP contribution in [0.2, 0.25) is 0 Å². The highest BCUT2D eigenvalue weighted by atomic mass is 16.3. The first kappa shape index (κ1) is 12.7. The summed E-state index contributed by atoms with van der Waals surface area (Å²) in [6.07, 6.45) is 6.22. The molecule has 0 saturated carbocycles. The number of aliphatic hydroxyl groups excluding tert-OH is 1. The number of likely N-dealkylation sites (tertiary alicyclic amines) is 1. The van der Waals surface area contributed by atoms with Gasteiger partial charge in [0.15, 0.2) is 0 Å². The quantitative estimate of drug-likeness (QED) is 0.913. The Morgan fingerprint density at radius 1 is 1.00 bits per heavy atom. The summed E-state index contributed by atoms with van der Waals surface area (Å²) in [5.74, 6) is 0. The van der Waals surface area contributed by atoms with Gasteiger partial charge in [-0.25, -0.2) is 0 Å². The van der Waals surface area contributed by atoms with Crippen molar-refractivity contribution in [2.75, 3.05) is 19.6 Å². The van der Waals surface area contributed by atoms with Crippen molar-refractivity contribution in [1.82, 2.24) is 9.47 Å². The van der Waals surface area contributed by atoms with E-state index in [-0.39, 0.29) is 6.61 Å². The molecule has 3 heteroatoms. The second-order valence-corrected chi connectivity index (χ2v) is 5.42. The fraction of sp³-hybridized carbons (Fsp3) is 0.500. The van der Waals surface area contributed by atoms with Crippen LogP contribution in [0.3, 0.4) is 0 Å². The van der Waals surface area contributed by atoms with E-state index in [1.54, 1.807) is 0 Å². The molecule has 1 saturated heterocycles. The van der Waals surface area contributed by atoms with E-state index in [1.807, 2.05) is 12.1 Å². The number of aromatic nitrogens is 1. The van der Waals surface area contributed by atoms with Crippen LogP contribution in [0.4, 0.5) is 0 Å². The van der Waals surface area contributed by atoms with Gasteiger partial charge in [-0.2, -0.15) is 0 Å². The maximum Gasteiger partial charge on any atom is 0.0702 e. The maximum absolute atomic E-state index is 9.47. The van der Waals surface area contributed by atoms with Crippen LogP contribution >= 0.6 is 0 Å². The van der Waals surface area contributed by atoms with Crippen LogP contribution in [0.1, 0.15) is 24.8 Å². The van der Waals surface area contributed by atoms with Crippen molar-refractivity contribution in [2.24, 2.45) is 0 Å². The molecular weight excluding hydrogens is 236 g/mol. The summed E-state index contributed by atoms with van der Waals surface area (Å²) in [4.78, 5) is 2.55. The third-order valence-electron chi connectivity index (χ3n) is 4.15. The minimum absolute atomic E-state index is 0.116. The Kier molecular flexibility index (Phi) is 3.85. The summed E-state index contributed by atoms with van der Waals surface area (Å²) in [7, 11) is 0. The van der Waals surface area contributed by atoms with Crippen molar-refractivity contribution in [3.8, 4) is 0 Å². The fourth-order valence-electron chi connectivity index (χ4n) is 3.09. The van der Waals surface area contributed by atoms with E-state index in [2.05, 4.69) is 27.8 Å². The molecule has 0 amide bonds. The predicted molar refractivity (Wildman–Crippen MR) is 78.2 cm³/mol. The molecule has 1 N–H and O–H groups in total. The Morgan fingerprint density at radius 3 is 2.63 bits per heavy atom. The number of hydrogen-bond donors (Lipinski definition) is 1. The molecule has 3 rings (SSSR count). The Bertz CT molecular complexity index is 541.